The van der Waals surface area contributed by atoms with E-state index in [1.165, 1.54) is 154 Å². The molecule has 2 nitrogen and oxygen atoms in total. The lowest BCUT2D eigenvalue weighted by molar-refractivity contribution is -0.704. The van der Waals surface area contributed by atoms with Gasteiger partial charge >= 0.3 is 0 Å². The molecule has 1 aromatic heterocycles. The van der Waals surface area contributed by atoms with Gasteiger partial charge in [-0.2, -0.15) is 0 Å². The van der Waals surface area contributed by atoms with Gasteiger partial charge < -0.3 is 0 Å². The van der Waals surface area contributed by atoms with Crippen LogP contribution in [-0.4, -0.2) is 4.57 Å². The lowest BCUT2D eigenvalue weighted by Gasteiger charge is -2.07. The Balaban J connectivity index is 2.21. The molecule has 188 valence electrons. The van der Waals surface area contributed by atoms with E-state index >= 15 is 0 Å². The highest BCUT2D eigenvalue weighted by Gasteiger charge is 2.16. The maximum atomic E-state index is 2.58. The predicted molar refractivity (Wildman–Crippen MR) is 142 cm³/mol. The van der Waals surface area contributed by atoms with Gasteiger partial charge in [-0.25, -0.2) is 9.13 Å². The summed E-state index contributed by atoms with van der Waals surface area (Å²) in [6.07, 6.45) is 35.6. The van der Waals surface area contributed by atoms with Crippen LogP contribution in [0.15, 0.2) is 12.4 Å². The van der Waals surface area contributed by atoms with Crippen molar-refractivity contribution in [2.75, 3.05) is 0 Å². The van der Waals surface area contributed by atoms with Crippen molar-refractivity contribution >= 4 is 0 Å². The number of unbranched alkanes of at least 4 members (excludes halogenated alkanes) is 18. The molecule has 0 spiro atoms. The first-order valence-corrected chi connectivity index (χ1v) is 14.9. The van der Waals surface area contributed by atoms with Crippen molar-refractivity contribution in [3.05, 3.63) is 18.2 Å². The van der Waals surface area contributed by atoms with Crippen LogP contribution in [0.1, 0.15) is 161 Å². The minimum atomic E-state index is 1.22. The molecule has 0 bridgehead atoms. The molecule has 0 aliphatic carbocycles. The van der Waals surface area contributed by atoms with Gasteiger partial charge in [0.15, 0.2) is 0 Å². The molecule has 0 amide bonds. The molecule has 0 saturated carbocycles. The molecule has 1 heterocycles. The molecule has 32 heavy (non-hydrogen) atoms. The maximum Gasteiger partial charge on any atom is 0.256 e. The van der Waals surface area contributed by atoms with Crippen molar-refractivity contribution in [1.29, 1.82) is 0 Å². The van der Waals surface area contributed by atoms with Gasteiger partial charge in [0.25, 0.3) is 5.82 Å². The highest BCUT2D eigenvalue weighted by atomic mass is 15.1. The van der Waals surface area contributed by atoms with Crippen LogP contribution in [0, 0.1) is 0 Å². The first-order chi connectivity index (χ1) is 15.8. The van der Waals surface area contributed by atoms with E-state index in [0.717, 1.165) is 0 Å². The molecule has 1 rings (SSSR count). The summed E-state index contributed by atoms with van der Waals surface area (Å²) in [4.78, 5) is 0. The fourth-order valence-electron chi connectivity index (χ4n) is 4.91. The highest BCUT2D eigenvalue weighted by molar-refractivity contribution is 4.84. The average Bonchev–Trinajstić information content (AvgIpc) is 3.19. The summed E-state index contributed by atoms with van der Waals surface area (Å²) >= 11 is 0. The molecule has 0 aromatic carbocycles. The molecule has 0 radical (unpaired) electrons. The van der Waals surface area contributed by atoms with Gasteiger partial charge in [0, 0.05) is 6.42 Å². The van der Waals surface area contributed by atoms with Gasteiger partial charge in [0.2, 0.25) is 0 Å². The Morgan fingerprint density at radius 1 is 0.531 bits per heavy atom. The minimum absolute atomic E-state index is 1.22. The van der Waals surface area contributed by atoms with Crippen molar-refractivity contribution in [3.8, 4) is 0 Å². The summed E-state index contributed by atoms with van der Waals surface area (Å²) in [5.74, 6) is 1.60. The molecule has 0 unspecified atom stereocenters. The average molecular weight is 448 g/mol. The number of imidazole rings is 1. The van der Waals surface area contributed by atoms with E-state index in [4.69, 9.17) is 0 Å². The minimum Gasteiger partial charge on any atom is -0.234 e. The number of hydrogen-bond acceptors (Lipinski definition) is 0. The predicted octanol–water partition coefficient (Wildman–Crippen LogP) is 9.57. The van der Waals surface area contributed by atoms with Crippen LogP contribution in [-0.2, 0) is 19.5 Å². The van der Waals surface area contributed by atoms with E-state index in [9.17, 15) is 0 Å². The number of aryl methyl sites for hydroxylation is 2. The summed E-state index contributed by atoms with van der Waals surface area (Å²) in [5, 5.41) is 0. The van der Waals surface area contributed by atoms with Crippen LogP contribution in [0.3, 0.4) is 0 Å². The Bertz CT molecular complexity index is 475. The van der Waals surface area contributed by atoms with Gasteiger partial charge in [0.1, 0.15) is 12.4 Å². The number of nitrogens with zero attached hydrogens (tertiary/aromatic N) is 2. The van der Waals surface area contributed by atoms with E-state index in [-0.39, 0.29) is 0 Å². The third-order valence-corrected chi connectivity index (χ3v) is 7.10. The molecule has 0 fully saturated rings. The van der Waals surface area contributed by atoms with E-state index in [1.54, 1.807) is 5.82 Å². The number of hydrogen-bond donors (Lipinski definition) is 0. The molecule has 0 aliphatic heterocycles. The lowest BCUT2D eigenvalue weighted by Crippen LogP contribution is -2.37. The van der Waals surface area contributed by atoms with Gasteiger partial charge in [-0.3, -0.25) is 0 Å². The third kappa shape index (κ3) is 15.1. The first-order valence-electron chi connectivity index (χ1n) is 14.9. The number of aromatic nitrogens is 2. The summed E-state index contributed by atoms with van der Waals surface area (Å²) in [7, 11) is 0. The van der Waals surface area contributed by atoms with E-state index in [0.29, 0.717) is 0 Å². The molecule has 0 N–H and O–H groups in total. The summed E-state index contributed by atoms with van der Waals surface area (Å²) in [6, 6.07) is 0. The second-order valence-electron chi connectivity index (χ2n) is 10.2. The molecule has 2 heteroatoms. The van der Waals surface area contributed by atoms with Crippen molar-refractivity contribution in [1.82, 2.24) is 4.57 Å². The van der Waals surface area contributed by atoms with Gasteiger partial charge in [-0.05, 0) is 32.1 Å². The fourth-order valence-corrected chi connectivity index (χ4v) is 4.91. The third-order valence-electron chi connectivity index (χ3n) is 7.10. The van der Waals surface area contributed by atoms with Crippen molar-refractivity contribution < 1.29 is 4.57 Å². The summed E-state index contributed by atoms with van der Waals surface area (Å²) in [6.45, 7) is 9.35. The molecule has 1 aromatic rings. The summed E-state index contributed by atoms with van der Waals surface area (Å²) < 4.78 is 5.16. The van der Waals surface area contributed by atoms with Crippen LogP contribution >= 0.6 is 0 Å². The SMILES string of the molecule is CCCCCCCCCCCCCCCc1n(CCCCCC)cc[n+]1CCCCCC. The lowest BCUT2D eigenvalue weighted by atomic mass is 10.0. The van der Waals surface area contributed by atoms with E-state index in [2.05, 4.69) is 42.3 Å². The normalized spacial score (nSPS) is 11.5. The Morgan fingerprint density at radius 3 is 1.50 bits per heavy atom. The zero-order chi connectivity index (χ0) is 23.1. The largest absolute Gasteiger partial charge is 0.256 e. The molecule has 0 atom stereocenters. The van der Waals surface area contributed by atoms with Crippen molar-refractivity contribution in [2.45, 2.75) is 175 Å². The van der Waals surface area contributed by atoms with Gasteiger partial charge in [-0.1, -0.05) is 124 Å². The second kappa shape index (κ2) is 22.0. The molecule has 0 saturated heterocycles. The van der Waals surface area contributed by atoms with E-state index < -0.39 is 0 Å². The van der Waals surface area contributed by atoms with Crippen LogP contribution in [0.5, 0.6) is 0 Å². The Labute approximate surface area is 202 Å². The Morgan fingerprint density at radius 2 is 0.969 bits per heavy atom. The van der Waals surface area contributed by atoms with Crippen LogP contribution in [0.4, 0.5) is 0 Å². The standard InChI is InChI=1S/C30H59N2/c1-4-7-10-13-14-15-16-17-18-19-20-21-22-25-30-31(26-23-11-8-5-2)28-29-32(30)27-24-12-9-6-3/h28-29H,4-27H2,1-3H3/q+1. The Kier molecular flexibility index (Phi) is 20.1. The van der Waals surface area contributed by atoms with Crippen molar-refractivity contribution in [3.63, 3.8) is 0 Å². The maximum absolute atomic E-state index is 2.58. The van der Waals surface area contributed by atoms with Crippen LogP contribution < -0.4 is 4.57 Å². The Hall–Kier alpha value is -0.790. The van der Waals surface area contributed by atoms with Crippen LogP contribution in [0.25, 0.3) is 0 Å². The van der Waals surface area contributed by atoms with Crippen LogP contribution in [0.2, 0.25) is 0 Å². The zero-order valence-corrected chi connectivity index (χ0v) is 22.5. The van der Waals surface area contributed by atoms with E-state index in [1.807, 2.05) is 0 Å². The molecule has 0 aliphatic rings. The summed E-state index contributed by atoms with van der Waals surface area (Å²) in [5.41, 5.74) is 0. The fraction of sp³-hybridized carbons (Fsp3) is 0.900. The topological polar surface area (TPSA) is 8.81 Å². The van der Waals surface area contributed by atoms with Gasteiger partial charge in [0.05, 0.1) is 13.1 Å². The zero-order valence-electron chi connectivity index (χ0n) is 22.5. The smallest absolute Gasteiger partial charge is 0.234 e. The van der Waals surface area contributed by atoms with Crippen molar-refractivity contribution in [2.24, 2.45) is 0 Å². The first kappa shape index (κ1) is 29.2. The highest BCUT2D eigenvalue weighted by Crippen LogP contribution is 2.14. The molecular weight excluding hydrogens is 388 g/mol. The molecular formula is C30H59N2+. The second-order valence-corrected chi connectivity index (χ2v) is 10.2. The van der Waals surface area contributed by atoms with Gasteiger partial charge in [-0.15, -0.1) is 0 Å². The monoisotopic (exact) mass is 447 g/mol. The quantitative estimate of drug-likeness (QED) is 0.110. The number of rotatable bonds is 24.